The van der Waals surface area contributed by atoms with Crippen LogP contribution in [0, 0.1) is 6.92 Å². The highest BCUT2D eigenvalue weighted by Crippen LogP contribution is 2.05. The Morgan fingerprint density at radius 2 is 2.17 bits per heavy atom. The summed E-state index contributed by atoms with van der Waals surface area (Å²) in [6.45, 7) is 8.64. The molecule has 18 heavy (non-hydrogen) atoms. The fourth-order valence-electron chi connectivity index (χ4n) is 1.51. The number of nitrogens with one attached hydrogen (secondary N) is 2. The third kappa shape index (κ3) is 5.42. The summed E-state index contributed by atoms with van der Waals surface area (Å²) in [5, 5.41) is 6.53. The van der Waals surface area contributed by atoms with E-state index in [0.29, 0.717) is 12.5 Å². The van der Waals surface area contributed by atoms with Crippen molar-refractivity contribution in [1.29, 1.82) is 0 Å². The van der Waals surface area contributed by atoms with Crippen LogP contribution in [-0.2, 0) is 11.3 Å². The van der Waals surface area contributed by atoms with Crippen LogP contribution in [0.2, 0.25) is 0 Å². The molecule has 0 radical (unpaired) electrons. The van der Waals surface area contributed by atoms with Crippen LogP contribution in [0.15, 0.2) is 6.07 Å². The van der Waals surface area contributed by atoms with Crippen LogP contribution in [0.4, 0.5) is 5.95 Å². The Hall–Kier alpha value is -1.20. The number of rotatable bonds is 8. The van der Waals surface area contributed by atoms with Crippen LogP contribution in [0.25, 0.3) is 0 Å². The quantitative estimate of drug-likeness (QED) is 0.690. The molecule has 0 amide bonds. The molecule has 1 rings (SSSR count). The SMILES string of the molecule is CCCNCc1cc(C)nc(NCC(C)OC)n1. The van der Waals surface area contributed by atoms with Gasteiger partial charge in [-0.3, -0.25) is 0 Å². The smallest absolute Gasteiger partial charge is 0.223 e. The molecule has 1 unspecified atom stereocenters. The highest BCUT2D eigenvalue weighted by molar-refractivity contribution is 5.28. The zero-order chi connectivity index (χ0) is 13.4. The maximum Gasteiger partial charge on any atom is 0.223 e. The molecular weight excluding hydrogens is 228 g/mol. The van der Waals surface area contributed by atoms with Crippen LogP contribution in [0.5, 0.6) is 0 Å². The molecular formula is C13H24N4O. The number of aryl methyl sites for hydroxylation is 1. The standard InChI is InChI=1S/C13H24N4O/c1-5-6-14-9-12-7-10(2)16-13(17-12)15-8-11(3)18-4/h7,11,14H,5-6,8-9H2,1-4H3,(H,15,16,17). The van der Waals surface area contributed by atoms with Gasteiger partial charge in [-0.15, -0.1) is 0 Å². The molecule has 1 aromatic heterocycles. The number of hydrogen-bond donors (Lipinski definition) is 2. The highest BCUT2D eigenvalue weighted by Gasteiger charge is 2.04. The van der Waals surface area contributed by atoms with Crippen LogP contribution < -0.4 is 10.6 Å². The van der Waals surface area contributed by atoms with Gasteiger partial charge in [-0.1, -0.05) is 6.92 Å². The van der Waals surface area contributed by atoms with E-state index in [0.717, 1.165) is 30.9 Å². The summed E-state index contributed by atoms with van der Waals surface area (Å²) >= 11 is 0. The molecule has 1 aromatic rings. The maximum absolute atomic E-state index is 5.18. The Labute approximate surface area is 109 Å². The summed E-state index contributed by atoms with van der Waals surface area (Å²) in [5.74, 6) is 0.673. The Morgan fingerprint density at radius 3 is 2.83 bits per heavy atom. The molecule has 0 fully saturated rings. The lowest BCUT2D eigenvalue weighted by Crippen LogP contribution is -2.20. The summed E-state index contributed by atoms with van der Waals surface area (Å²) in [5.41, 5.74) is 1.99. The minimum atomic E-state index is 0.149. The van der Waals surface area contributed by atoms with Gasteiger partial charge in [0, 0.05) is 25.9 Å². The fourth-order valence-corrected chi connectivity index (χ4v) is 1.51. The van der Waals surface area contributed by atoms with Crippen molar-refractivity contribution in [1.82, 2.24) is 15.3 Å². The number of methoxy groups -OCH3 is 1. The van der Waals surface area contributed by atoms with Gasteiger partial charge in [-0.05, 0) is 32.9 Å². The first-order valence-corrected chi connectivity index (χ1v) is 6.47. The van der Waals surface area contributed by atoms with E-state index in [1.807, 2.05) is 19.9 Å². The third-order valence-electron chi connectivity index (χ3n) is 2.59. The van der Waals surface area contributed by atoms with Gasteiger partial charge in [0.15, 0.2) is 0 Å². The molecule has 2 N–H and O–H groups in total. The Balaban J connectivity index is 2.56. The van der Waals surface area contributed by atoms with Gasteiger partial charge in [0.25, 0.3) is 0 Å². The number of anilines is 1. The summed E-state index contributed by atoms with van der Waals surface area (Å²) < 4.78 is 5.18. The lowest BCUT2D eigenvalue weighted by atomic mass is 10.3. The molecule has 0 aromatic carbocycles. The van der Waals surface area contributed by atoms with Crippen LogP contribution in [-0.4, -0.2) is 36.3 Å². The fraction of sp³-hybridized carbons (Fsp3) is 0.692. The van der Waals surface area contributed by atoms with Crippen molar-refractivity contribution in [2.75, 3.05) is 25.5 Å². The third-order valence-corrected chi connectivity index (χ3v) is 2.59. The first kappa shape index (κ1) is 14.9. The second-order valence-electron chi connectivity index (χ2n) is 4.43. The molecule has 0 spiro atoms. The van der Waals surface area contributed by atoms with Crippen molar-refractivity contribution in [3.05, 3.63) is 17.5 Å². The maximum atomic E-state index is 5.18. The van der Waals surface area contributed by atoms with Gasteiger partial charge >= 0.3 is 0 Å². The Bertz CT molecular complexity index is 357. The first-order chi connectivity index (χ1) is 8.65. The average molecular weight is 252 g/mol. The molecule has 0 aliphatic rings. The predicted octanol–water partition coefficient (Wildman–Crippen LogP) is 1.73. The molecule has 0 aliphatic carbocycles. The average Bonchev–Trinajstić information content (AvgIpc) is 2.35. The molecule has 102 valence electrons. The Kier molecular flexibility index (Phi) is 6.60. The molecule has 0 saturated carbocycles. The highest BCUT2D eigenvalue weighted by atomic mass is 16.5. The summed E-state index contributed by atoms with van der Waals surface area (Å²) in [6.07, 6.45) is 1.27. The van der Waals surface area contributed by atoms with E-state index >= 15 is 0 Å². The molecule has 5 heteroatoms. The van der Waals surface area contributed by atoms with Crippen molar-refractivity contribution in [3.8, 4) is 0 Å². The van der Waals surface area contributed by atoms with Crippen molar-refractivity contribution < 1.29 is 4.74 Å². The number of aromatic nitrogens is 2. The molecule has 0 aliphatic heterocycles. The van der Waals surface area contributed by atoms with Crippen molar-refractivity contribution >= 4 is 5.95 Å². The summed E-state index contributed by atoms with van der Waals surface area (Å²) in [7, 11) is 1.70. The summed E-state index contributed by atoms with van der Waals surface area (Å²) in [6, 6.07) is 2.01. The second-order valence-corrected chi connectivity index (χ2v) is 4.43. The number of nitrogens with zero attached hydrogens (tertiary/aromatic N) is 2. The van der Waals surface area contributed by atoms with E-state index in [1.54, 1.807) is 7.11 Å². The Morgan fingerprint density at radius 1 is 1.39 bits per heavy atom. The van der Waals surface area contributed by atoms with Crippen molar-refractivity contribution in [3.63, 3.8) is 0 Å². The molecule has 0 saturated heterocycles. The summed E-state index contributed by atoms with van der Waals surface area (Å²) in [4.78, 5) is 8.83. The zero-order valence-electron chi connectivity index (χ0n) is 11.8. The van der Waals surface area contributed by atoms with E-state index in [-0.39, 0.29) is 6.10 Å². The lowest BCUT2D eigenvalue weighted by Gasteiger charge is -2.12. The van der Waals surface area contributed by atoms with Gasteiger partial charge in [0.2, 0.25) is 5.95 Å². The monoisotopic (exact) mass is 252 g/mol. The molecule has 0 bridgehead atoms. The number of ether oxygens (including phenoxy) is 1. The number of hydrogen-bond acceptors (Lipinski definition) is 5. The van der Waals surface area contributed by atoms with Gasteiger partial charge in [0.1, 0.15) is 0 Å². The normalized spacial score (nSPS) is 12.4. The molecule has 1 heterocycles. The van der Waals surface area contributed by atoms with E-state index in [1.165, 1.54) is 0 Å². The first-order valence-electron chi connectivity index (χ1n) is 6.47. The van der Waals surface area contributed by atoms with Crippen molar-refractivity contribution in [2.45, 2.75) is 39.8 Å². The van der Waals surface area contributed by atoms with E-state index in [4.69, 9.17) is 4.74 Å². The topological polar surface area (TPSA) is 59.1 Å². The van der Waals surface area contributed by atoms with Crippen LogP contribution >= 0.6 is 0 Å². The van der Waals surface area contributed by atoms with Gasteiger partial charge in [-0.25, -0.2) is 9.97 Å². The van der Waals surface area contributed by atoms with Gasteiger partial charge in [-0.2, -0.15) is 0 Å². The van der Waals surface area contributed by atoms with E-state index in [9.17, 15) is 0 Å². The van der Waals surface area contributed by atoms with Crippen LogP contribution in [0.1, 0.15) is 31.7 Å². The van der Waals surface area contributed by atoms with Crippen LogP contribution in [0.3, 0.4) is 0 Å². The minimum Gasteiger partial charge on any atom is -0.380 e. The molecule has 1 atom stereocenters. The van der Waals surface area contributed by atoms with Crippen molar-refractivity contribution in [2.24, 2.45) is 0 Å². The molecule has 5 nitrogen and oxygen atoms in total. The zero-order valence-corrected chi connectivity index (χ0v) is 11.8. The second kappa shape index (κ2) is 8.00. The lowest BCUT2D eigenvalue weighted by molar-refractivity contribution is 0.128. The van der Waals surface area contributed by atoms with E-state index in [2.05, 4.69) is 27.5 Å². The van der Waals surface area contributed by atoms with E-state index < -0.39 is 0 Å². The minimum absolute atomic E-state index is 0.149. The largest absolute Gasteiger partial charge is 0.380 e. The van der Waals surface area contributed by atoms with Gasteiger partial charge < -0.3 is 15.4 Å². The van der Waals surface area contributed by atoms with Gasteiger partial charge in [0.05, 0.1) is 11.8 Å². The predicted molar refractivity (Wildman–Crippen MR) is 73.7 cm³/mol.